The number of carboxylic acid groups (broad SMARTS) is 1. The summed E-state index contributed by atoms with van der Waals surface area (Å²) in [7, 11) is 4.14. The maximum Gasteiger partial charge on any atom is 0.206 e. The number of likely N-dealkylation sites (N-methyl/N-ethyl adjacent to an activating group) is 1. The Bertz CT molecular complexity index is 343. The van der Waals surface area contributed by atoms with Gasteiger partial charge in [0.2, 0.25) is 5.13 Å². The molecule has 1 aromatic heterocycles. The minimum atomic E-state index is -1.09. The van der Waals surface area contributed by atoms with Crippen molar-refractivity contribution in [3.63, 3.8) is 0 Å². The summed E-state index contributed by atoms with van der Waals surface area (Å²) < 4.78 is 0.643. The van der Waals surface area contributed by atoms with E-state index >= 15 is 0 Å². The van der Waals surface area contributed by atoms with Crippen LogP contribution in [0.1, 0.15) is 0 Å². The number of carbonyl (C=O) groups excluding carboxylic acids is 1. The minimum Gasteiger partial charge on any atom is -0.549 e. The number of aromatic nitrogens is 2. The number of nitrogens with one attached hydrogen (secondary N) is 2. The predicted molar refractivity (Wildman–Crippen MR) is 61.8 cm³/mol. The third-order valence-corrected chi connectivity index (χ3v) is 3.61. The van der Waals surface area contributed by atoms with E-state index in [2.05, 4.69) is 29.6 Å². The zero-order valence-electron chi connectivity index (χ0n) is 9.15. The zero-order valence-corrected chi connectivity index (χ0v) is 10.8. The van der Waals surface area contributed by atoms with Gasteiger partial charge in [0.25, 0.3) is 0 Å². The summed E-state index contributed by atoms with van der Waals surface area (Å²) in [5, 5.41) is 21.9. The van der Waals surface area contributed by atoms with E-state index in [9.17, 15) is 9.90 Å². The minimum absolute atomic E-state index is 0.0868. The quantitative estimate of drug-likeness (QED) is 0.550. The molecule has 16 heavy (non-hydrogen) atoms. The Morgan fingerprint density at radius 1 is 1.56 bits per heavy atom. The fraction of sp³-hybridized carbons (Fsp3) is 0.625. The smallest absolute Gasteiger partial charge is 0.206 e. The Morgan fingerprint density at radius 2 is 2.31 bits per heavy atom. The number of carbonyl (C=O) groups is 1. The largest absolute Gasteiger partial charge is 0.549 e. The number of hydrogen-bond donors (Lipinski definition) is 2. The molecule has 1 heterocycles. The van der Waals surface area contributed by atoms with Crippen LogP contribution in [0.2, 0.25) is 0 Å². The van der Waals surface area contributed by atoms with Crippen LogP contribution in [0.3, 0.4) is 0 Å². The SMILES string of the molecule is C[NH+](C)CCNc1nnc(SCC(=O)[O-])s1. The molecular formula is C8H14N4O2S2. The van der Waals surface area contributed by atoms with Crippen molar-refractivity contribution in [2.24, 2.45) is 0 Å². The normalized spacial score (nSPS) is 10.7. The second-order valence-electron chi connectivity index (χ2n) is 3.42. The van der Waals surface area contributed by atoms with E-state index in [0.717, 1.165) is 30.0 Å². The van der Waals surface area contributed by atoms with Gasteiger partial charge in [0.15, 0.2) is 4.34 Å². The van der Waals surface area contributed by atoms with Crippen LogP contribution in [0.25, 0.3) is 0 Å². The van der Waals surface area contributed by atoms with E-state index < -0.39 is 5.97 Å². The number of rotatable bonds is 7. The van der Waals surface area contributed by atoms with Crippen LogP contribution in [0, 0.1) is 0 Å². The lowest BCUT2D eigenvalue weighted by atomic mass is 10.6. The molecule has 6 nitrogen and oxygen atoms in total. The van der Waals surface area contributed by atoms with E-state index in [0.29, 0.717) is 4.34 Å². The Hall–Kier alpha value is -0.860. The highest BCUT2D eigenvalue weighted by Gasteiger charge is 2.04. The molecule has 0 fully saturated rings. The molecule has 0 spiro atoms. The van der Waals surface area contributed by atoms with Gasteiger partial charge in [-0.3, -0.25) is 0 Å². The Balaban J connectivity index is 2.30. The molecule has 0 unspecified atom stereocenters. The van der Waals surface area contributed by atoms with Gasteiger partial charge >= 0.3 is 0 Å². The average Bonchev–Trinajstić information content (AvgIpc) is 2.62. The van der Waals surface area contributed by atoms with Crippen LogP contribution >= 0.6 is 23.1 Å². The summed E-state index contributed by atoms with van der Waals surface area (Å²) >= 11 is 2.48. The van der Waals surface area contributed by atoms with Crippen molar-refractivity contribution in [3.05, 3.63) is 0 Å². The van der Waals surface area contributed by atoms with Gasteiger partial charge in [-0.2, -0.15) is 0 Å². The lowest BCUT2D eigenvalue weighted by molar-refractivity contribution is -0.856. The summed E-state index contributed by atoms with van der Waals surface area (Å²) in [6.45, 7) is 1.81. The molecule has 0 aliphatic carbocycles. The zero-order chi connectivity index (χ0) is 12.0. The van der Waals surface area contributed by atoms with Gasteiger partial charge in [-0.1, -0.05) is 23.1 Å². The van der Waals surface area contributed by atoms with Crippen molar-refractivity contribution in [2.45, 2.75) is 4.34 Å². The molecule has 8 heteroatoms. The van der Waals surface area contributed by atoms with Gasteiger partial charge in [0.1, 0.15) is 0 Å². The number of hydrogen-bond acceptors (Lipinski definition) is 7. The number of nitrogens with zero attached hydrogens (tertiary/aromatic N) is 2. The molecule has 0 atom stereocenters. The van der Waals surface area contributed by atoms with Gasteiger partial charge < -0.3 is 20.1 Å². The highest BCUT2D eigenvalue weighted by Crippen LogP contribution is 2.24. The summed E-state index contributed by atoms with van der Waals surface area (Å²) in [5.41, 5.74) is 0. The Kier molecular flexibility index (Phi) is 5.50. The molecular weight excluding hydrogens is 248 g/mol. The number of thioether (sulfide) groups is 1. The van der Waals surface area contributed by atoms with Crippen LogP contribution in [0.4, 0.5) is 5.13 Å². The van der Waals surface area contributed by atoms with E-state index in [1.165, 1.54) is 16.2 Å². The van der Waals surface area contributed by atoms with Gasteiger partial charge in [0.05, 0.1) is 33.2 Å². The molecule has 0 saturated heterocycles. The first kappa shape index (κ1) is 13.2. The molecule has 1 aromatic rings. The topological polar surface area (TPSA) is 82.4 Å². The first-order valence-corrected chi connectivity index (χ1v) is 6.57. The van der Waals surface area contributed by atoms with E-state index in [1.807, 2.05) is 0 Å². The van der Waals surface area contributed by atoms with Gasteiger partial charge in [-0.15, -0.1) is 10.2 Å². The first-order chi connectivity index (χ1) is 7.58. The highest BCUT2D eigenvalue weighted by molar-refractivity contribution is 8.01. The number of carboxylic acids is 1. The van der Waals surface area contributed by atoms with Gasteiger partial charge in [0, 0.05) is 5.75 Å². The molecule has 0 aliphatic heterocycles. The molecule has 2 N–H and O–H groups in total. The van der Waals surface area contributed by atoms with Gasteiger partial charge in [-0.25, -0.2) is 0 Å². The summed E-state index contributed by atoms with van der Waals surface area (Å²) in [6, 6.07) is 0. The average molecular weight is 262 g/mol. The van der Waals surface area contributed by atoms with Crippen molar-refractivity contribution in [1.29, 1.82) is 0 Å². The maximum absolute atomic E-state index is 10.2. The highest BCUT2D eigenvalue weighted by atomic mass is 32.2. The monoisotopic (exact) mass is 262 g/mol. The molecule has 1 rings (SSSR count). The van der Waals surface area contributed by atoms with Crippen molar-refractivity contribution in [1.82, 2.24) is 10.2 Å². The fourth-order valence-corrected chi connectivity index (χ4v) is 2.37. The fourth-order valence-electron chi connectivity index (χ4n) is 0.880. The van der Waals surface area contributed by atoms with Crippen LogP contribution < -0.4 is 15.3 Å². The third-order valence-electron chi connectivity index (χ3n) is 1.62. The second-order valence-corrected chi connectivity index (χ2v) is 5.62. The van der Waals surface area contributed by atoms with Crippen molar-refractivity contribution in [2.75, 3.05) is 38.3 Å². The van der Waals surface area contributed by atoms with Crippen molar-refractivity contribution < 1.29 is 14.8 Å². The first-order valence-electron chi connectivity index (χ1n) is 4.77. The van der Waals surface area contributed by atoms with Crippen LogP contribution in [-0.4, -0.2) is 49.1 Å². The van der Waals surface area contributed by atoms with E-state index in [1.54, 1.807) is 0 Å². The van der Waals surface area contributed by atoms with E-state index in [-0.39, 0.29) is 5.75 Å². The third kappa shape index (κ3) is 5.29. The number of quaternary nitrogens is 1. The molecule has 0 amide bonds. The molecule has 0 radical (unpaired) electrons. The molecule has 0 aliphatic rings. The Labute approximate surface area is 102 Å². The molecule has 0 bridgehead atoms. The summed E-state index contributed by atoms with van der Waals surface area (Å²) in [5.74, 6) is -1.18. The van der Waals surface area contributed by atoms with Crippen molar-refractivity contribution >= 4 is 34.2 Å². The summed E-state index contributed by atoms with van der Waals surface area (Å²) in [6.07, 6.45) is 0. The molecule has 0 saturated carbocycles. The lowest BCUT2D eigenvalue weighted by Crippen LogP contribution is -3.06. The standard InChI is InChI=1S/C8H14N4O2S2/c1-12(2)4-3-9-7-10-11-8(16-7)15-5-6(13)14/h3-5H2,1-2H3,(H,9,10)(H,13,14). The van der Waals surface area contributed by atoms with E-state index in [4.69, 9.17) is 0 Å². The van der Waals surface area contributed by atoms with Gasteiger partial charge in [-0.05, 0) is 0 Å². The van der Waals surface area contributed by atoms with Crippen LogP contribution in [-0.2, 0) is 4.79 Å². The van der Waals surface area contributed by atoms with Crippen LogP contribution in [0.15, 0.2) is 4.34 Å². The lowest BCUT2D eigenvalue weighted by Gasteiger charge is -2.06. The molecule has 90 valence electrons. The van der Waals surface area contributed by atoms with Crippen molar-refractivity contribution in [3.8, 4) is 0 Å². The summed E-state index contributed by atoms with van der Waals surface area (Å²) in [4.78, 5) is 11.6. The second kappa shape index (κ2) is 6.66. The van der Waals surface area contributed by atoms with Crippen LogP contribution in [0.5, 0.6) is 0 Å². The number of aliphatic carboxylic acids is 1. The maximum atomic E-state index is 10.2. The molecule has 0 aromatic carbocycles. The Morgan fingerprint density at radius 3 is 2.94 bits per heavy atom. The number of anilines is 1. The predicted octanol–water partition coefficient (Wildman–Crippen LogP) is -2.06.